The van der Waals surface area contributed by atoms with Crippen molar-refractivity contribution >= 4 is 23.3 Å². The molecule has 0 aliphatic heterocycles. The molecule has 0 amide bonds. The topological polar surface area (TPSA) is 47.9 Å². The molecule has 1 aromatic carbocycles. The van der Waals surface area contributed by atoms with Gasteiger partial charge in [0.05, 0.1) is 6.10 Å². The summed E-state index contributed by atoms with van der Waals surface area (Å²) >= 11 is 5.84. The second-order valence-corrected chi connectivity index (χ2v) is 4.13. The van der Waals surface area contributed by atoms with Gasteiger partial charge in [0.2, 0.25) is 0 Å². The van der Waals surface area contributed by atoms with Gasteiger partial charge >= 0.3 is 5.97 Å². The van der Waals surface area contributed by atoms with Gasteiger partial charge < -0.3 is 9.57 Å². The molecule has 0 fully saturated rings. The maximum Gasteiger partial charge on any atom is 0.361 e. The van der Waals surface area contributed by atoms with E-state index in [0.29, 0.717) is 5.56 Å². The molecule has 0 aromatic heterocycles. The van der Waals surface area contributed by atoms with E-state index in [1.165, 1.54) is 7.11 Å². The standard InChI is InChI=1S/C13H16ClNO3/c1-9(2)18-13(16)12(15-17-3)11-7-5-4-6-10(11)8-14/h4-7,9H,8H2,1-3H3. The van der Waals surface area contributed by atoms with Crippen LogP contribution in [-0.2, 0) is 20.2 Å². The van der Waals surface area contributed by atoms with Crippen molar-refractivity contribution in [2.45, 2.75) is 25.8 Å². The average Bonchev–Trinajstić information content (AvgIpc) is 2.35. The zero-order chi connectivity index (χ0) is 13.5. The van der Waals surface area contributed by atoms with E-state index in [-0.39, 0.29) is 17.7 Å². The minimum absolute atomic E-state index is 0.127. The van der Waals surface area contributed by atoms with Crippen LogP contribution in [0.1, 0.15) is 25.0 Å². The Kier molecular flexibility index (Phi) is 5.65. The van der Waals surface area contributed by atoms with Crippen molar-refractivity contribution in [1.82, 2.24) is 0 Å². The number of halogens is 1. The van der Waals surface area contributed by atoms with Crippen LogP contribution in [-0.4, -0.2) is 24.9 Å². The number of alkyl halides is 1. The fourth-order valence-corrected chi connectivity index (χ4v) is 1.66. The quantitative estimate of drug-likeness (QED) is 0.357. The number of benzene rings is 1. The largest absolute Gasteiger partial charge is 0.458 e. The Hall–Kier alpha value is -1.55. The lowest BCUT2D eigenvalue weighted by Crippen LogP contribution is -2.23. The third-order valence-electron chi connectivity index (χ3n) is 2.14. The predicted octanol–water partition coefficient (Wildman–Crippen LogP) is 2.73. The summed E-state index contributed by atoms with van der Waals surface area (Å²) in [6.45, 7) is 3.55. The second-order valence-electron chi connectivity index (χ2n) is 3.87. The van der Waals surface area contributed by atoms with Gasteiger partial charge in [-0.3, -0.25) is 0 Å². The summed E-state index contributed by atoms with van der Waals surface area (Å²) in [6, 6.07) is 7.24. The first-order valence-corrected chi connectivity index (χ1v) is 6.10. The summed E-state index contributed by atoms with van der Waals surface area (Å²) in [7, 11) is 1.38. The van der Waals surface area contributed by atoms with E-state index in [1.54, 1.807) is 26.0 Å². The van der Waals surface area contributed by atoms with Gasteiger partial charge in [-0.2, -0.15) is 0 Å². The highest BCUT2D eigenvalue weighted by Gasteiger charge is 2.20. The molecule has 1 rings (SSSR count). The number of rotatable bonds is 5. The van der Waals surface area contributed by atoms with Crippen molar-refractivity contribution < 1.29 is 14.4 Å². The van der Waals surface area contributed by atoms with Gasteiger partial charge in [0.15, 0.2) is 5.71 Å². The molecule has 4 nitrogen and oxygen atoms in total. The highest BCUT2D eigenvalue weighted by molar-refractivity contribution is 6.43. The van der Waals surface area contributed by atoms with E-state index in [9.17, 15) is 4.79 Å². The second kappa shape index (κ2) is 7.01. The summed E-state index contributed by atoms with van der Waals surface area (Å²) in [5.41, 5.74) is 1.55. The van der Waals surface area contributed by atoms with Gasteiger partial charge in [-0.05, 0) is 19.4 Å². The molecule has 0 saturated heterocycles. The fourth-order valence-electron chi connectivity index (χ4n) is 1.43. The van der Waals surface area contributed by atoms with Crippen molar-refractivity contribution in [1.29, 1.82) is 0 Å². The summed E-state index contributed by atoms with van der Waals surface area (Å²) < 4.78 is 5.13. The Morgan fingerprint density at radius 3 is 2.61 bits per heavy atom. The minimum Gasteiger partial charge on any atom is -0.458 e. The first-order valence-electron chi connectivity index (χ1n) is 5.56. The van der Waals surface area contributed by atoms with Gasteiger partial charge in [0.1, 0.15) is 7.11 Å². The van der Waals surface area contributed by atoms with Crippen molar-refractivity contribution in [2.24, 2.45) is 5.16 Å². The number of hydrogen-bond acceptors (Lipinski definition) is 4. The Labute approximate surface area is 112 Å². The van der Waals surface area contributed by atoms with Gasteiger partial charge in [0, 0.05) is 11.4 Å². The number of esters is 1. The first-order chi connectivity index (χ1) is 8.60. The lowest BCUT2D eigenvalue weighted by atomic mass is 10.0. The van der Waals surface area contributed by atoms with Gasteiger partial charge in [0.25, 0.3) is 0 Å². The molecule has 0 bridgehead atoms. The monoisotopic (exact) mass is 269 g/mol. The van der Waals surface area contributed by atoms with Crippen LogP contribution < -0.4 is 0 Å². The SMILES string of the molecule is CON=C(C(=O)OC(C)C)c1ccccc1CCl. The molecule has 5 heteroatoms. The Morgan fingerprint density at radius 2 is 2.06 bits per heavy atom. The number of oxime groups is 1. The highest BCUT2D eigenvalue weighted by Crippen LogP contribution is 2.14. The average molecular weight is 270 g/mol. The fraction of sp³-hybridized carbons (Fsp3) is 0.385. The molecular formula is C13H16ClNO3. The van der Waals surface area contributed by atoms with Gasteiger partial charge in [-0.1, -0.05) is 29.4 Å². The zero-order valence-corrected chi connectivity index (χ0v) is 11.4. The summed E-state index contributed by atoms with van der Waals surface area (Å²) in [6.07, 6.45) is -0.220. The molecule has 0 aliphatic rings. The number of carbonyl (C=O) groups is 1. The number of ether oxygens (including phenoxy) is 1. The lowest BCUT2D eigenvalue weighted by molar-refractivity contribution is -0.139. The smallest absolute Gasteiger partial charge is 0.361 e. The van der Waals surface area contributed by atoms with Crippen LogP contribution in [0.25, 0.3) is 0 Å². The molecule has 1 aromatic rings. The predicted molar refractivity (Wildman–Crippen MR) is 70.8 cm³/mol. The van der Waals surface area contributed by atoms with Crippen molar-refractivity contribution in [3.63, 3.8) is 0 Å². The molecule has 0 radical (unpaired) electrons. The summed E-state index contributed by atoms with van der Waals surface area (Å²) in [4.78, 5) is 16.6. The van der Waals surface area contributed by atoms with Crippen LogP contribution in [0.15, 0.2) is 29.4 Å². The van der Waals surface area contributed by atoms with E-state index in [1.807, 2.05) is 12.1 Å². The van der Waals surface area contributed by atoms with Gasteiger partial charge in [-0.25, -0.2) is 4.79 Å². The van der Waals surface area contributed by atoms with Crippen molar-refractivity contribution in [2.75, 3.05) is 7.11 Å². The Morgan fingerprint density at radius 1 is 1.39 bits per heavy atom. The van der Waals surface area contributed by atoms with E-state index in [0.717, 1.165) is 5.56 Å². The number of hydrogen-bond donors (Lipinski definition) is 0. The zero-order valence-electron chi connectivity index (χ0n) is 10.6. The molecule has 0 spiro atoms. The van der Waals surface area contributed by atoms with Crippen LogP contribution in [0.4, 0.5) is 0 Å². The molecule has 0 atom stereocenters. The highest BCUT2D eigenvalue weighted by atomic mass is 35.5. The maximum atomic E-state index is 11.9. The minimum atomic E-state index is -0.524. The summed E-state index contributed by atoms with van der Waals surface area (Å²) in [5.74, 6) is -0.238. The summed E-state index contributed by atoms with van der Waals surface area (Å²) in [5, 5.41) is 3.74. The molecule has 18 heavy (non-hydrogen) atoms. The Bertz CT molecular complexity index is 444. The Balaban J connectivity index is 3.13. The molecule has 98 valence electrons. The molecule has 0 heterocycles. The van der Waals surface area contributed by atoms with Crippen LogP contribution >= 0.6 is 11.6 Å². The third kappa shape index (κ3) is 3.74. The van der Waals surface area contributed by atoms with E-state index >= 15 is 0 Å². The van der Waals surface area contributed by atoms with E-state index in [4.69, 9.17) is 21.2 Å². The number of nitrogens with zero attached hydrogens (tertiary/aromatic N) is 1. The molecular weight excluding hydrogens is 254 g/mol. The molecule has 0 N–H and O–H groups in total. The van der Waals surface area contributed by atoms with E-state index in [2.05, 4.69) is 5.16 Å². The van der Waals surface area contributed by atoms with Crippen molar-refractivity contribution in [3.8, 4) is 0 Å². The molecule has 0 saturated carbocycles. The van der Waals surface area contributed by atoms with Gasteiger partial charge in [-0.15, -0.1) is 11.6 Å². The van der Waals surface area contributed by atoms with Crippen LogP contribution in [0.2, 0.25) is 0 Å². The molecule has 0 unspecified atom stereocenters. The maximum absolute atomic E-state index is 11.9. The lowest BCUT2D eigenvalue weighted by Gasteiger charge is -2.11. The van der Waals surface area contributed by atoms with Crippen LogP contribution in [0.3, 0.4) is 0 Å². The third-order valence-corrected chi connectivity index (χ3v) is 2.42. The first kappa shape index (κ1) is 14.5. The van der Waals surface area contributed by atoms with Crippen LogP contribution in [0.5, 0.6) is 0 Å². The molecule has 0 aliphatic carbocycles. The normalized spacial score (nSPS) is 11.5. The van der Waals surface area contributed by atoms with E-state index < -0.39 is 5.97 Å². The number of carbonyl (C=O) groups excluding carboxylic acids is 1. The van der Waals surface area contributed by atoms with Crippen LogP contribution in [0, 0.1) is 0 Å². The van der Waals surface area contributed by atoms with Crippen molar-refractivity contribution in [3.05, 3.63) is 35.4 Å².